The van der Waals surface area contributed by atoms with Crippen molar-refractivity contribution < 1.29 is 9.13 Å². The van der Waals surface area contributed by atoms with Crippen LogP contribution in [0.15, 0.2) is 24.0 Å². The van der Waals surface area contributed by atoms with Gasteiger partial charge >= 0.3 is 0 Å². The predicted molar refractivity (Wildman–Crippen MR) is 45.3 cm³/mol. The molecule has 0 spiro atoms. The number of nitrogens with zero attached hydrogens (tertiary/aromatic N) is 1. The van der Waals surface area contributed by atoms with E-state index < -0.39 is 12.1 Å². The van der Waals surface area contributed by atoms with Crippen molar-refractivity contribution in [3.63, 3.8) is 0 Å². The monoisotopic (exact) mass is 179 g/mol. The van der Waals surface area contributed by atoms with Crippen LogP contribution in [0.2, 0.25) is 0 Å². The lowest BCUT2D eigenvalue weighted by molar-refractivity contribution is 0.201. The summed E-state index contributed by atoms with van der Waals surface area (Å²) in [6, 6.07) is 1.89. The van der Waals surface area contributed by atoms with Crippen LogP contribution in [-0.4, -0.2) is 12.3 Å². The van der Waals surface area contributed by atoms with Gasteiger partial charge in [0.05, 0.1) is 12.2 Å². The molecule has 1 saturated carbocycles. The van der Waals surface area contributed by atoms with Gasteiger partial charge in [-0.2, -0.15) is 5.26 Å². The van der Waals surface area contributed by atoms with Crippen molar-refractivity contribution in [3.8, 4) is 6.07 Å². The molecule has 0 aliphatic heterocycles. The Kier molecular flexibility index (Phi) is 2.05. The quantitative estimate of drug-likeness (QED) is 0.650. The van der Waals surface area contributed by atoms with Gasteiger partial charge in [0.25, 0.3) is 0 Å². The predicted octanol–water partition coefficient (Wildman–Crippen LogP) is 2.10. The molecule has 0 bridgehead atoms. The molecule has 2 atom stereocenters. The fraction of sp³-hybridized carbons (Fsp3) is 0.500. The minimum Gasteiger partial charge on any atom is -0.491 e. The van der Waals surface area contributed by atoms with Crippen molar-refractivity contribution in [2.24, 2.45) is 5.92 Å². The third kappa shape index (κ3) is 1.89. The largest absolute Gasteiger partial charge is 0.491 e. The first-order valence-corrected chi connectivity index (χ1v) is 4.40. The number of nitriles is 1. The van der Waals surface area contributed by atoms with Crippen molar-refractivity contribution in [1.82, 2.24) is 0 Å². The second kappa shape index (κ2) is 3.21. The molecule has 0 saturated heterocycles. The summed E-state index contributed by atoms with van der Waals surface area (Å²) in [4.78, 5) is 0. The smallest absolute Gasteiger partial charge is 0.138 e. The highest BCUT2D eigenvalue weighted by Gasteiger charge is 2.26. The van der Waals surface area contributed by atoms with Gasteiger partial charge in [-0.25, -0.2) is 4.39 Å². The van der Waals surface area contributed by atoms with Crippen LogP contribution in [0, 0.1) is 17.2 Å². The molecule has 0 heterocycles. The normalized spacial score (nSPS) is 32.2. The molecule has 2 unspecified atom stereocenters. The summed E-state index contributed by atoms with van der Waals surface area (Å²) >= 11 is 0. The maximum Gasteiger partial charge on any atom is 0.138 e. The zero-order valence-corrected chi connectivity index (χ0v) is 7.11. The van der Waals surface area contributed by atoms with Gasteiger partial charge in [-0.1, -0.05) is 0 Å². The molecule has 0 aromatic rings. The Hall–Kier alpha value is -1.30. The van der Waals surface area contributed by atoms with Crippen LogP contribution in [0.25, 0.3) is 0 Å². The average molecular weight is 179 g/mol. The topological polar surface area (TPSA) is 33.0 Å². The second-order valence-electron chi connectivity index (χ2n) is 3.34. The van der Waals surface area contributed by atoms with Gasteiger partial charge in [0, 0.05) is 0 Å². The number of hydrogen-bond donors (Lipinski definition) is 0. The minimum atomic E-state index is -1.18. The molecule has 2 aliphatic carbocycles. The molecule has 2 nitrogen and oxygen atoms in total. The lowest BCUT2D eigenvalue weighted by Crippen LogP contribution is -2.14. The molecule has 68 valence electrons. The molecule has 2 aliphatic rings. The lowest BCUT2D eigenvalue weighted by Gasteiger charge is -2.14. The average Bonchev–Trinajstić information content (AvgIpc) is 2.92. The molecule has 3 heteroatoms. The number of hydrogen-bond acceptors (Lipinski definition) is 2. The summed E-state index contributed by atoms with van der Waals surface area (Å²) in [6.45, 7) is 0. The molecule has 1 fully saturated rings. The van der Waals surface area contributed by atoms with E-state index in [4.69, 9.17) is 10.00 Å². The first-order chi connectivity index (χ1) is 6.29. The Balaban J connectivity index is 2.03. The Morgan fingerprint density at radius 3 is 2.92 bits per heavy atom. The SMILES string of the molecule is N#CC1C=C(OC2CC2)C=CC1F. The van der Waals surface area contributed by atoms with E-state index >= 15 is 0 Å². The Bertz CT molecular complexity index is 299. The molecule has 0 radical (unpaired) electrons. The van der Waals surface area contributed by atoms with Gasteiger partial charge in [-0.05, 0) is 31.1 Å². The van der Waals surface area contributed by atoms with Gasteiger partial charge < -0.3 is 4.74 Å². The van der Waals surface area contributed by atoms with E-state index in [1.807, 2.05) is 6.07 Å². The van der Waals surface area contributed by atoms with Crippen LogP contribution >= 0.6 is 0 Å². The van der Waals surface area contributed by atoms with E-state index in [-0.39, 0.29) is 0 Å². The minimum absolute atomic E-state index is 0.298. The van der Waals surface area contributed by atoms with Crippen LogP contribution in [0.5, 0.6) is 0 Å². The van der Waals surface area contributed by atoms with Gasteiger partial charge in [-0.15, -0.1) is 0 Å². The molecule has 2 rings (SSSR count). The molecule has 0 aromatic carbocycles. The van der Waals surface area contributed by atoms with Crippen molar-refractivity contribution in [3.05, 3.63) is 24.0 Å². The number of halogens is 1. The zero-order chi connectivity index (χ0) is 9.26. The summed E-state index contributed by atoms with van der Waals surface area (Å²) in [5.74, 6) is -0.0401. The van der Waals surface area contributed by atoms with E-state index in [1.165, 1.54) is 6.08 Å². The fourth-order valence-electron chi connectivity index (χ4n) is 1.20. The van der Waals surface area contributed by atoms with Gasteiger partial charge in [-0.3, -0.25) is 0 Å². The third-order valence-corrected chi connectivity index (χ3v) is 2.11. The molecule has 0 amide bonds. The van der Waals surface area contributed by atoms with Gasteiger partial charge in [0.1, 0.15) is 17.8 Å². The number of alkyl halides is 1. The lowest BCUT2D eigenvalue weighted by atomic mass is 10.00. The summed E-state index contributed by atoms with van der Waals surface area (Å²) in [7, 11) is 0. The Morgan fingerprint density at radius 2 is 2.31 bits per heavy atom. The summed E-state index contributed by atoms with van der Waals surface area (Å²) < 4.78 is 18.4. The first-order valence-electron chi connectivity index (χ1n) is 4.40. The maximum absolute atomic E-state index is 13.0. The maximum atomic E-state index is 13.0. The molecular weight excluding hydrogens is 169 g/mol. The summed E-state index contributed by atoms with van der Waals surface area (Å²) in [6.07, 6.45) is 5.80. The third-order valence-electron chi connectivity index (χ3n) is 2.11. The Labute approximate surface area is 76.3 Å². The standard InChI is InChI=1S/C10H10FNO/c11-10-4-3-9(5-7(10)6-12)13-8-1-2-8/h3-5,7-8,10H,1-2H2. The Morgan fingerprint density at radius 1 is 1.54 bits per heavy atom. The number of allylic oxidation sites excluding steroid dienone is 3. The molecule has 13 heavy (non-hydrogen) atoms. The zero-order valence-electron chi connectivity index (χ0n) is 7.11. The summed E-state index contributed by atoms with van der Waals surface area (Å²) in [5, 5.41) is 8.60. The van der Waals surface area contributed by atoms with Gasteiger partial charge in [0.15, 0.2) is 0 Å². The van der Waals surface area contributed by atoms with Crippen LogP contribution in [0.4, 0.5) is 4.39 Å². The van der Waals surface area contributed by atoms with E-state index in [2.05, 4.69) is 0 Å². The molecule has 0 N–H and O–H groups in total. The highest BCUT2D eigenvalue weighted by Crippen LogP contribution is 2.29. The number of ether oxygens (including phenoxy) is 1. The fourth-order valence-corrected chi connectivity index (χ4v) is 1.20. The highest BCUT2D eigenvalue weighted by molar-refractivity contribution is 5.26. The van der Waals surface area contributed by atoms with E-state index in [9.17, 15) is 4.39 Å². The van der Waals surface area contributed by atoms with Gasteiger partial charge in [0.2, 0.25) is 0 Å². The first kappa shape index (κ1) is 8.31. The van der Waals surface area contributed by atoms with E-state index in [0.29, 0.717) is 11.9 Å². The van der Waals surface area contributed by atoms with Crippen molar-refractivity contribution >= 4 is 0 Å². The highest BCUT2D eigenvalue weighted by atomic mass is 19.1. The second-order valence-corrected chi connectivity index (χ2v) is 3.34. The van der Waals surface area contributed by atoms with Crippen molar-refractivity contribution in [2.45, 2.75) is 25.1 Å². The van der Waals surface area contributed by atoms with Crippen LogP contribution in [-0.2, 0) is 4.74 Å². The van der Waals surface area contributed by atoms with E-state index in [0.717, 1.165) is 12.8 Å². The van der Waals surface area contributed by atoms with E-state index in [1.54, 1.807) is 12.2 Å². The van der Waals surface area contributed by atoms with Crippen molar-refractivity contribution in [1.29, 1.82) is 5.26 Å². The van der Waals surface area contributed by atoms with Crippen molar-refractivity contribution in [2.75, 3.05) is 0 Å². The van der Waals surface area contributed by atoms with Crippen LogP contribution in [0.1, 0.15) is 12.8 Å². The molecule has 0 aromatic heterocycles. The van der Waals surface area contributed by atoms with Crippen LogP contribution < -0.4 is 0 Å². The number of rotatable bonds is 2. The van der Waals surface area contributed by atoms with Crippen LogP contribution in [0.3, 0.4) is 0 Å². The summed E-state index contributed by atoms with van der Waals surface area (Å²) in [5.41, 5.74) is 0. The molecular formula is C10H10FNO.